The fourth-order valence-corrected chi connectivity index (χ4v) is 2.90. The maximum atomic E-state index is 12.2. The summed E-state index contributed by atoms with van der Waals surface area (Å²) in [5.41, 5.74) is 2.56. The molecule has 0 bridgehead atoms. The molecule has 0 spiro atoms. The summed E-state index contributed by atoms with van der Waals surface area (Å²) in [6.45, 7) is 6.06. The SMILES string of the molecule is CC(C)n1ncc2cc(NC(=O)N[C@H](C)CCc3ccc(O)cc3)cnc21. The topological polar surface area (TPSA) is 92.1 Å². The van der Waals surface area contributed by atoms with Crippen molar-refractivity contribution in [3.63, 3.8) is 0 Å². The number of nitrogens with zero attached hydrogens (tertiary/aromatic N) is 3. The summed E-state index contributed by atoms with van der Waals surface area (Å²) < 4.78 is 1.85. The number of hydrogen-bond donors (Lipinski definition) is 3. The second-order valence-corrected chi connectivity index (χ2v) is 7.02. The lowest BCUT2D eigenvalue weighted by molar-refractivity contribution is 0.248. The van der Waals surface area contributed by atoms with Gasteiger partial charge >= 0.3 is 6.03 Å². The standard InChI is InChI=1S/C20H25N5O2/c1-13(2)25-19-16(11-22-25)10-17(12-21-19)24-20(27)23-14(3)4-5-15-6-8-18(26)9-7-15/h6-14,26H,4-5H2,1-3H3,(H2,23,24,27)/t14-/m1/s1. The molecule has 7 nitrogen and oxygen atoms in total. The largest absolute Gasteiger partial charge is 0.508 e. The van der Waals surface area contributed by atoms with Gasteiger partial charge in [-0.05, 0) is 57.4 Å². The third-order valence-corrected chi connectivity index (χ3v) is 4.36. The first kappa shape index (κ1) is 18.7. The maximum Gasteiger partial charge on any atom is 0.319 e. The van der Waals surface area contributed by atoms with E-state index in [-0.39, 0.29) is 23.9 Å². The van der Waals surface area contributed by atoms with E-state index in [1.807, 2.05) is 43.7 Å². The van der Waals surface area contributed by atoms with Gasteiger partial charge in [0.1, 0.15) is 5.75 Å². The number of aromatic nitrogens is 3. The summed E-state index contributed by atoms with van der Waals surface area (Å²) >= 11 is 0. The number of carbonyl (C=O) groups excluding carboxylic acids is 1. The number of hydrogen-bond acceptors (Lipinski definition) is 4. The third kappa shape index (κ3) is 4.75. The Balaban J connectivity index is 1.53. The average Bonchev–Trinajstić information content (AvgIpc) is 3.04. The zero-order valence-electron chi connectivity index (χ0n) is 15.8. The van der Waals surface area contributed by atoms with Crippen LogP contribution in [0.2, 0.25) is 0 Å². The van der Waals surface area contributed by atoms with Crippen LogP contribution in [0, 0.1) is 0 Å². The van der Waals surface area contributed by atoms with E-state index in [2.05, 4.69) is 20.7 Å². The number of anilines is 1. The van der Waals surface area contributed by atoms with Gasteiger partial charge in [0.25, 0.3) is 0 Å². The molecule has 1 atom stereocenters. The Hall–Kier alpha value is -3.09. The molecule has 0 unspecified atom stereocenters. The van der Waals surface area contributed by atoms with Crippen molar-refractivity contribution < 1.29 is 9.90 Å². The van der Waals surface area contributed by atoms with Crippen LogP contribution in [0.15, 0.2) is 42.7 Å². The van der Waals surface area contributed by atoms with Gasteiger partial charge in [-0.3, -0.25) is 0 Å². The molecule has 0 aliphatic carbocycles. The lowest BCUT2D eigenvalue weighted by Crippen LogP contribution is -2.36. The second kappa shape index (κ2) is 8.07. The van der Waals surface area contributed by atoms with Gasteiger partial charge < -0.3 is 15.7 Å². The monoisotopic (exact) mass is 367 g/mol. The van der Waals surface area contributed by atoms with Crippen molar-refractivity contribution in [2.24, 2.45) is 0 Å². The van der Waals surface area contributed by atoms with Crippen LogP contribution in [0.25, 0.3) is 11.0 Å². The molecule has 3 rings (SSSR count). The van der Waals surface area contributed by atoms with E-state index < -0.39 is 0 Å². The van der Waals surface area contributed by atoms with Crippen molar-refractivity contribution in [3.05, 3.63) is 48.3 Å². The van der Waals surface area contributed by atoms with E-state index in [4.69, 9.17) is 0 Å². The normalized spacial score (nSPS) is 12.3. The lowest BCUT2D eigenvalue weighted by Gasteiger charge is -2.15. The number of phenolic OH excluding ortho intramolecular Hbond substituents is 1. The minimum Gasteiger partial charge on any atom is -0.508 e. The molecular weight excluding hydrogens is 342 g/mol. The zero-order valence-corrected chi connectivity index (χ0v) is 15.8. The number of pyridine rings is 1. The van der Waals surface area contributed by atoms with Crippen molar-refractivity contribution in [1.29, 1.82) is 0 Å². The Morgan fingerprint density at radius 3 is 2.63 bits per heavy atom. The van der Waals surface area contributed by atoms with Crippen LogP contribution in [0.3, 0.4) is 0 Å². The predicted molar refractivity (Wildman–Crippen MR) is 106 cm³/mol. The maximum absolute atomic E-state index is 12.2. The first-order valence-electron chi connectivity index (χ1n) is 9.11. The van der Waals surface area contributed by atoms with Crippen molar-refractivity contribution in [2.45, 2.75) is 45.7 Å². The molecule has 2 heterocycles. The van der Waals surface area contributed by atoms with Gasteiger partial charge in [0, 0.05) is 17.5 Å². The van der Waals surface area contributed by atoms with Crippen LogP contribution in [0.4, 0.5) is 10.5 Å². The van der Waals surface area contributed by atoms with Gasteiger partial charge in [-0.1, -0.05) is 12.1 Å². The number of carbonyl (C=O) groups is 1. The molecule has 3 N–H and O–H groups in total. The zero-order chi connectivity index (χ0) is 19.4. The van der Waals surface area contributed by atoms with E-state index in [1.165, 1.54) is 0 Å². The molecule has 3 aromatic rings. The summed E-state index contributed by atoms with van der Waals surface area (Å²) in [4.78, 5) is 16.6. The third-order valence-electron chi connectivity index (χ3n) is 4.36. The summed E-state index contributed by atoms with van der Waals surface area (Å²) in [5.74, 6) is 0.258. The van der Waals surface area contributed by atoms with E-state index in [0.29, 0.717) is 5.69 Å². The molecule has 0 aliphatic heterocycles. The molecule has 142 valence electrons. The van der Waals surface area contributed by atoms with Gasteiger partial charge in [0.15, 0.2) is 5.65 Å². The summed E-state index contributed by atoms with van der Waals surface area (Å²) in [7, 11) is 0. The number of urea groups is 1. The minimum atomic E-state index is -0.259. The van der Waals surface area contributed by atoms with Gasteiger partial charge in [-0.2, -0.15) is 5.10 Å². The van der Waals surface area contributed by atoms with Crippen LogP contribution < -0.4 is 10.6 Å². The minimum absolute atomic E-state index is 0.0131. The molecule has 2 aromatic heterocycles. The highest BCUT2D eigenvalue weighted by Crippen LogP contribution is 2.19. The van der Waals surface area contributed by atoms with Crippen LogP contribution >= 0.6 is 0 Å². The Morgan fingerprint density at radius 1 is 1.19 bits per heavy atom. The highest BCUT2D eigenvalue weighted by Gasteiger charge is 2.11. The van der Waals surface area contributed by atoms with Gasteiger partial charge in [-0.15, -0.1) is 0 Å². The van der Waals surface area contributed by atoms with Crippen LogP contribution in [-0.2, 0) is 6.42 Å². The van der Waals surface area contributed by atoms with Crippen molar-refractivity contribution >= 4 is 22.8 Å². The molecular formula is C20H25N5O2. The molecule has 0 aliphatic rings. The smallest absolute Gasteiger partial charge is 0.319 e. The summed E-state index contributed by atoms with van der Waals surface area (Å²) in [6, 6.07) is 8.97. The highest BCUT2D eigenvalue weighted by atomic mass is 16.3. The Kier molecular flexibility index (Phi) is 5.59. The van der Waals surface area contributed by atoms with Gasteiger partial charge in [0.05, 0.1) is 18.1 Å². The van der Waals surface area contributed by atoms with E-state index >= 15 is 0 Å². The fraction of sp³-hybridized carbons (Fsp3) is 0.350. The number of amides is 2. The number of aryl methyl sites for hydroxylation is 1. The Morgan fingerprint density at radius 2 is 1.93 bits per heavy atom. The summed E-state index contributed by atoms with van der Waals surface area (Å²) in [5, 5.41) is 20.3. The van der Waals surface area contributed by atoms with E-state index in [0.717, 1.165) is 29.4 Å². The average molecular weight is 367 g/mol. The number of fused-ring (bicyclic) bond motifs is 1. The predicted octanol–water partition coefficient (Wildman–Crippen LogP) is 3.86. The number of phenols is 1. The quantitative estimate of drug-likeness (QED) is 0.617. The van der Waals surface area contributed by atoms with Crippen LogP contribution in [0.5, 0.6) is 5.75 Å². The molecule has 0 fully saturated rings. The van der Waals surface area contributed by atoms with Crippen LogP contribution in [-0.4, -0.2) is 31.9 Å². The van der Waals surface area contributed by atoms with Crippen molar-refractivity contribution in [2.75, 3.05) is 5.32 Å². The number of rotatable bonds is 6. The number of benzene rings is 1. The fourth-order valence-electron chi connectivity index (χ4n) is 2.90. The van der Waals surface area contributed by atoms with Gasteiger partial charge in [-0.25, -0.2) is 14.5 Å². The van der Waals surface area contributed by atoms with E-state index in [9.17, 15) is 9.90 Å². The molecule has 1 aromatic carbocycles. The first-order valence-corrected chi connectivity index (χ1v) is 9.11. The number of nitrogens with one attached hydrogen (secondary N) is 2. The van der Waals surface area contributed by atoms with Crippen molar-refractivity contribution in [1.82, 2.24) is 20.1 Å². The molecule has 0 saturated carbocycles. The molecule has 27 heavy (non-hydrogen) atoms. The Bertz CT molecular complexity index is 918. The summed E-state index contributed by atoms with van der Waals surface area (Å²) in [6.07, 6.45) is 5.02. The molecule has 2 amide bonds. The van der Waals surface area contributed by atoms with Crippen LogP contribution in [0.1, 0.15) is 38.8 Å². The first-order chi connectivity index (χ1) is 12.9. The molecule has 0 saturated heterocycles. The highest BCUT2D eigenvalue weighted by molar-refractivity contribution is 5.91. The molecule has 0 radical (unpaired) electrons. The number of aromatic hydroxyl groups is 1. The van der Waals surface area contributed by atoms with Gasteiger partial charge in [0.2, 0.25) is 0 Å². The molecule has 7 heteroatoms. The lowest BCUT2D eigenvalue weighted by atomic mass is 10.1. The Labute approximate surface area is 158 Å². The second-order valence-electron chi connectivity index (χ2n) is 7.02. The van der Waals surface area contributed by atoms with Crippen molar-refractivity contribution in [3.8, 4) is 5.75 Å². The van der Waals surface area contributed by atoms with E-state index in [1.54, 1.807) is 24.5 Å².